The molecule has 0 aromatic heterocycles. The molecule has 2 aromatic carbocycles. The normalized spacial score (nSPS) is 12.4. The van der Waals surface area contributed by atoms with Crippen LogP contribution in [0.25, 0.3) is 0 Å². The van der Waals surface area contributed by atoms with E-state index in [1.54, 1.807) is 30.3 Å². The molecule has 0 heterocycles. The second kappa shape index (κ2) is 6.27. The Kier molecular flexibility index (Phi) is 4.90. The van der Waals surface area contributed by atoms with Crippen LogP contribution in [-0.4, -0.2) is 4.21 Å². The van der Waals surface area contributed by atoms with Gasteiger partial charge in [0.15, 0.2) is 0 Å². The van der Waals surface area contributed by atoms with E-state index < -0.39 is 10.8 Å². The lowest BCUT2D eigenvalue weighted by Crippen LogP contribution is -1.98. The van der Waals surface area contributed by atoms with Crippen molar-refractivity contribution in [2.75, 3.05) is 5.73 Å². The molecule has 0 bridgehead atoms. The molecule has 2 aromatic rings. The van der Waals surface area contributed by atoms with Crippen molar-refractivity contribution in [2.24, 2.45) is 0 Å². The molecule has 1 unspecified atom stereocenters. The highest BCUT2D eigenvalue weighted by molar-refractivity contribution is 9.10. The lowest BCUT2D eigenvalue weighted by atomic mass is 10.2. The number of hydrogen-bond acceptors (Lipinski definition) is 2. The number of anilines is 1. The first-order chi connectivity index (χ1) is 8.95. The van der Waals surface area contributed by atoms with Crippen LogP contribution in [0, 0.1) is 0 Å². The molecule has 2 nitrogen and oxygen atoms in total. The van der Waals surface area contributed by atoms with Gasteiger partial charge in [-0.2, -0.15) is 0 Å². The number of nitrogens with two attached hydrogens (primary N) is 1. The largest absolute Gasteiger partial charge is 0.399 e. The van der Waals surface area contributed by atoms with E-state index in [0.717, 1.165) is 10.0 Å². The predicted octanol–water partition coefficient (Wildman–Crippen LogP) is 4.65. The lowest BCUT2D eigenvalue weighted by molar-refractivity contribution is 0.682. The fraction of sp³-hybridized carbons (Fsp3) is 0.0769. The third-order valence-corrected chi connectivity index (χ3v) is 4.97. The molecule has 0 radical (unpaired) electrons. The van der Waals surface area contributed by atoms with Crippen LogP contribution in [0.1, 0.15) is 5.56 Å². The van der Waals surface area contributed by atoms with Crippen molar-refractivity contribution in [3.8, 4) is 0 Å². The summed E-state index contributed by atoms with van der Waals surface area (Å²) in [6.45, 7) is 0. The minimum Gasteiger partial charge on any atom is -0.399 e. The standard InChI is InChI=1S/C13H10BrCl2NOS/c14-9-3-8(4-11(17)5-9)7-19(18)13-6-10(15)1-2-12(13)16/h1-6H,7,17H2. The summed E-state index contributed by atoms with van der Waals surface area (Å²) < 4.78 is 13.2. The molecule has 0 fully saturated rings. The summed E-state index contributed by atoms with van der Waals surface area (Å²) in [4.78, 5) is 0.535. The molecule has 0 amide bonds. The SMILES string of the molecule is Nc1cc(Br)cc(CS(=O)c2cc(Cl)ccc2Cl)c1. The summed E-state index contributed by atoms with van der Waals surface area (Å²) in [7, 11) is -1.27. The first-order valence-corrected chi connectivity index (χ1v) is 8.21. The second-order valence-electron chi connectivity index (χ2n) is 3.96. The molecule has 19 heavy (non-hydrogen) atoms. The summed E-state index contributed by atoms with van der Waals surface area (Å²) in [5.74, 6) is 0.337. The van der Waals surface area contributed by atoms with Gasteiger partial charge in [-0.25, -0.2) is 0 Å². The van der Waals surface area contributed by atoms with Gasteiger partial charge in [0.05, 0.1) is 26.5 Å². The van der Waals surface area contributed by atoms with Gasteiger partial charge in [0.1, 0.15) is 0 Å². The van der Waals surface area contributed by atoms with Gasteiger partial charge in [-0.15, -0.1) is 0 Å². The van der Waals surface area contributed by atoms with Gasteiger partial charge >= 0.3 is 0 Å². The molecule has 100 valence electrons. The Labute approximate surface area is 132 Å². The van der Waals surface area contributed by atoms with Gasteiger partial charge < -0.3 is 5.73 Å². The van der Waals surface area contributed by atoms with Crippen molar-refractivity contribution < 1.29 is 4.21 Å². The smallest absolute Gasteiger partial charge is 0.0592 e. The Hall–Kier alpha value is -0.550. The fourth-order valence-corrected chi connectivity index (χ4v) is 3.98. The van der Waals surface area contributed by atoms with Gasteiger partial charge in [0, 0.05) is 15.2 Å². The maximum atomic E-state index is 12.3. The molecule has 1 atom stereocenters. The maximum absolute atomic E-state index is 12.3. The van der Waals surface area contributed by atoms with Crippen LogP contribution in [-0.2, 0) is 16.6 Å². The zero-order valence-corrected chi connectivity index (χ0v) is 13.6. The first-order valence-electron chi connectivity index (χ1n) is 5.34. The molecule has 6 heteroatoms. The second-order valence-corrected chi connectivity index (χ2v) is 7.14. The van der Waals surface area contributed by atoms with E-state index in [0.29, 0.717) is 26.4 Å². The molecular weight excluding hydrogens is 369 g/mol. The third-order valence-electron chi connectivity index (χ3n) is 2.42. The van der Waals surface area contributed by atoms with Gasteiger partial charge in [0.2, 0.25) is 0 Å². The van der Waals surface area contributed by atoms with Crippen LogP contribution >= 0.6 is 39.1 Å². The van der Waals surface area contributed by atoms with E-state index in [-0.39, 0.29) is 0 Å². The van der Waals surface area contributed by atoms with E-state index in [2.05, 4.69) is 15.9 Å². The Morgan fingerprint density at radius 3 is 2.58 bits per heavy atom. The Morgan fingerprint density at radius 2 is 1.89 bits per heavy atom. The third kappa shape index (κ3) is 3.96. The van der Waals surface area contributed by atoms with Crippen LogP contribution in [0.5, 0.6) is 0 Å². The highest BCUT2D eigenvalue weighted by atomic mass is 79.9. The molecule has 0 saturated heterocycles. The maximum Gasteiger partial charge on any atom is 0.0592 e. The lowest BCUT2D eigenvalue weighted by Gasteiger charge is -2.07. The summed E-state index contributed by atoms with van der Waals surface area (Å²) in [6.07, 6.45) is 0. The molecule has 2 N–H and O–H groups in total. The first kappa shape index (κ1) is 14.9. The zero-order chi connectivity index (χ0) is 14.0. The number of halogens is 3. The Balaban J connectivity index is 2.28. The topological polar surface area (TPSA) is 43.1 Å². The summed E-state index contributed by atoms with van der Waals surface area (Å²) >= 11 is 15.3. The molecule has 2 rings (SSSR count). The summed E-state index contributed by atoms with van der Waals surface area (Å²) in [5, 5.41) is 0.965. The van der Waals surface area contributed by atoms with Crippen LogP contribution in [0.2, 0.25) is 10.0 Å². The number of hydrogen-bond donors (Lipinski definition) is 1. The quantitative estimate of drug-likeness (QED) is 0.790. The van der Waals surface area contributed by atoms with Crippen LogP contribution in [0.4, 0.5) is 5.69 Å². The van der Waals surface area contributed by atoms with Crippen molar-refractivity contribution in [3.63, 3.8) is 0 Å². The highest BCUT2D eigenvalue weighted by Gasteiger charge is 2.11. The van der Waals surface area contributed by atoms with Crippen LogP contribution in [0.3, 0.4) is 0 Å². The van der Waals surface area contributed by atoms with E-state index >= 15 is 0 Å². The summed E-state index contributed by atoms with van der Waals surface area (Å²) in [5.41, 5.74) is 7.25. The molecule has 0 spiro atoms. The van der Waals surface area contributed by atoms with Crippen LogP contribution < -0.4 is 5.73 Å². The number of benzene rings is 2. The predicted molar refractivity (Wildman–Crippen MR) is 85.1 cm³/mol. The minimum absolute atomic E-state index is 0.337. The van der Waals surface area contributed by atoms with Gasteiger partial charge in [-0.05, 0) is 42.0 Å². The van der Waals surface area contributed by atoms with Gasteiger partial charge in [0.25, 0.3) is 0 Å². The fourth-order valence-electron chi connectivity index (χ4n) is 1.64. The zero-order valence-electron chi connectivity index (χ0n) is 9.70. The van der Waals surface area contributed by atoms with E-state index in [9.17, 15) is 4.21 Å². The minimum atomic E-state index is -1.27. The molecule has 0 aliphatic heterocycles. The number of nitrogen functional groups attached to an aromatic ring is 1. The highest BCUT2D eigenvalue weighted by Crippen LogP contribution is 2.26. The van der Waals surface area contributed by atoms with Gasteiger partial charge in [-0.3, -0.25) is 4.21 Å². The Bertz CT molecular complexity index is 628. The average Bonchev–Trinajstić information content (AvgIpc) is 2.30. The monoisotopic (exact) mass is 377 g/mol. The molecule has 0 aliphatic carbocycles. The van der Waals surface area contributed by atoms with Gasteiger partial charge in [-0.1, -0.05) is 39.1 Å². The molecular formula is C13H10BrCl2NOS. The summed E-state index contributed by atoms with van der Waals surface area (Å²) in [6, 6.07) is 10.4. The Morgan fingerprint density at radius 1 is 1.16 bits per heavy atom. The van der Waals surface area contributed by atoms with Crippen molar-refractivity contribution >= 4 is 55.6 Å². The van der Waals surface area contributed by atoms with Crippen molar-refractivity contribution in [2.45, 2.75) is 10.6 Å². The van der Waals surface area contributed by atoms with Crippen LogP contribution in [0.15, 0.2) is 45.8 Å². The molecule has 0 aliphatic rings. The molecule has 0 saturated carbocycles. The van der Waals surface area contributed by atoms with Crippen molar-refractivity contribution in [3.05, 3.63) is 56.5 Å². The van der Waals surface area contributed by atoms with Crippen molar-refractivity contribution in [1.82, 2.24) is 0 Å². The van der Waals surface area contributed by atoms with E-state index in [4.69, 9.17) is 28.9 Å². The van der Waals surface area contributed by atoms with E-state index in [1.807, 2.05) is 6.07 Å². The average molecular weight is 379 g/mol. The number of rotatable bonds is 3. The van der Waals surface area contributed by atoms with Crippen molar-refractivity contribution in [1.29, 1.82) is 0 Å². The van der Waals surface area contributed by atoms with E-state index in [1.165, 1.54) is 0 Å².